The highest BCUT2D eigenvalue weighted by Gasteiger charge is 2.30. The second kappa shape index (κ2) is 7.38. The van der Waals surface area contributed by atoms with Crippen LogP contribution < -0.4 is 16.0 Å². The molecule has 0 saturated carbocycles. The highest BCUT2D eigenvalue weighted by molar-refractivity contribution is 7.17. The van der Waals surface area contributed by atoms with Gasteiger partial charge in [-0.05, 0) is 17.7 Å². The zero-order valence-electron chi connectivity index (χ0n) is 14.7. The van der Waals surface area contributed by atoms with Crippen LogP contribution in [0.3, 0.4) is 0 Å². The summed E-state index contributed by atoms with van der Waals surface area (Å²) in [6, 6.07) is 13.6. The van der Waals surface area contributed by atoms with Crippen LogP contribution in [0.15, 0.2) is 53.1 Å². The summed E-state index contributed by atoms with van der Waals surface area (Å²) in [6.07, 6.45) is 2.21. The van der Waals surface area contributed by atoms with Crippen molar-refractivity contribution in [2.75, 3.05) is 11.9 Å². The summed E-state index contributed by atoms with van der Waals surface area (Å²) in [5.41, 5.74) is 8.32. The monoisotopic (exact) mass is 382 g/mol. The third-order valence-corrected chi connectivity index (χ3v) is 5.89. The number of fused-ring (bicyclic) bond motifs is 1. The number of thiophene rings is 1. The lowest BCUT2D eigenvalue weighted by molar-refractivity contribution is -0.929. The normalized spacial score (nSPS) is 15.9. The third kappa shape index (κ3) is 3.65. The van der Waals surface area contributed by atoms with Crippen LogP contribution in [0, 0.1) is 0 Å². The molecule has 3 heterocycles. The molecule has 0 aliphatic carbocycles. The van der Waals surface area contributed by atoms with Gasteiger partial charge in [0, 0.05) is 12.0 Å². The van der Waals surface area contributed by atoms with Crippen LogP contribution >= 0.6 is 11.3 Å². The molecular weight excluding hydrogens is 362 g/mol. The number of hydrogen-bond acceptors (Lipinski definition) is 4. The number of carbonyl (C=O) groups is 2. The van der Waals surface area contributed by atoms with E-state index in [0.29, 0.717) is 10.6 Å². The summed E-state index contributed by atoms with van der Waals surface area (Å²) in [7, 11) is 0. The smallest absolute Gasteiger partial charge is 0.291 e. The number of benzene rings is 1. The first-order chi connectivity index (χ1) is 13.1. The van der Waals surface area contributed by atoms with E-state index in [4.69, 9.17) is 10.2 Å². The number of hydrogen-bond donors (Lipinski definition) is 3. The van der Waals surface area contributed by atoms with Gasteiger partial charge in [0.2, 0.25) is 0 Å². The zero-order valence-corrected chi connectivity index (χ0v) is 15.5. The topological polar surface area (TPSA) is 89.8 Å². The lowest BCUT2D eigenvalue weighted by Crippen LogP contribution is -3.10. The maximum absolute atomic E-state index is 12.3. The van der Waals surface area contributed by atoms with E-state index in [0.717, 1.165) is 36.5 Å². The molecule has 7 heteroatoms. The van der Waals surface area contributed by atoms with E-state index in [9.17, 15) is 9.59 Å². The van der Waals surface area contributed by atoms with Crippen molar-refractivity contribution < 1.29 is 18.9 Å². The Morgan fingerprint density at radius 3 is 2.70 bits per heavy atom. The van der Waals surface area contributed by atoms with Gasteiger partial charge in [-0.3, -0.25) is 9.59 Å². The maximum Gasteiger partial charge on any atom is 0.291 e. The first-order valence-corrected chi connectivity index (χ1v) is 9.60. The molecule has 4 rings (SSSR count). The van der Waals surface area contributed by atoms with Crippen LogP contribution in [0.5, 0.6) is 0 Å². The first-order valence-electron chi connectivity index (χ1n) is 8.78. The van der Waals surface area contributed by atoms with E-state index in [1.54, 1.807) is 12.1 Å². The molecule has 0 radical (unpaired) electrons. The number of rotatable bonds is 5. The maximum atomic E-state index is 12.3. The van der Waals surface area contributed by atoms with Crippen LogP contribution in [0.4, 0.5) is 5.00 Å². The Morgan fingerprint density at radius 2 is 2.00 bits per heavy atom. The van der Waals surface area contributed by atoms with Crippen molar-refractivity contribution in [1.29, 1.82) is 0 Å². The average molecular weight is 382 g/mol. The van der Waals surface area contributed by atoms with E-state index < -0.39 is 5.91 Å². The van der Waals surface area contributed by atoms with E-state index in [1.165, 1.54) is 28.1 Å². The number of nitrogens with one attached hydrogen (secondary N) is 2. The van der Waals surface area contributed by atoms with E-state index in [1.807, 2.05) is 18.2 Å². The Morgan fingerprint density at radius 1 is 1.19 bits per heavy atom. The molecule has 1 aliphatic heterocycles. The van der Waals surface area contributed by atoms with Gasteiger partial charge in [-0.2, -0.15) is 0 Å². The van der Waals surface area contributed by atoms with Crippen molar-refractivity contribution in [2.24, 2.45) is 5.73 Å². The Kier molecular flexibility index (Phi) is 4.79. The van der Waals surface area contributed by atoms with Gasteiger partial charge >= 0.3 is 0 Å². The quantitative estimate of drug-likeness (QED) is 0.629. The van der Waals surface area contributed by atoms with Crippen LogP contribution in [0.25, 0.3) is 0 Å². The molecule has 138 valence electrons. The number of quaternary nitrogens is 1. The van der Waals surface area contributed by atoms with Gasteiger partial charge in [-0.15, -0.1) is 11.3 Å². The van der Waals surface area contributed by atoms with Gasteiger partial charge in [-0.25, -0.2) is 0 Å². The molecule has 2 amide bonds. The standard InChI is InChI=1S/C20H19N3O3S/c21-18(24)17-14-8-9-23(11-13-5-2-1-3-6-13)12-16(14)27-20(17)22-19(25)15-7-4-10-26-15/h1-7,10H,8-9,11-12H2,(H2,21,24)(H,22,25)/p+1. The van der Waals surface area contributed by atoms with Crippen LogP contribution in [0.1, 0.15) is 36.9 Å². The molecule has 0 spiro atoms. The Hall–Kier alpha value is -2.90. The summed E-state index contributed by atoms with van der Waals surface area (Å²) in [6.45, 7) is 2.66. The SMILES string of the molecule is NC(=O)c1c(NC(=O)c2ccco2)sc2c1CC[NH+](Cc1ccccc1)C2. The molecule has 1 aromatic carbocycles. The Balaban J connectivity index is 1.57. The number of nitrogens with two attached hydrogens (primary N) is 1. The minimum absolute atomic E-state index is 0.202. The van der Waals surface area contributed by atoms with Gasteiger partial charge in [-0.1, -0.05) is 30.3 Å². The molecule has 4 N–H and O–H groups in total. The predicted molar refractivity (Wildman–Crippen MR) is 103 cm³/mol. The average Bonchev–Trinajstić information content (AvgIpc) is 3.29. The molecule has 6 nitrogen and oxygen atoms in total. The number of anilines is 1. The van der Waals surface area contributed by atoms with Crippen molar-refractivity contribution in [3.05, 3.63) is 76.1 Å². The lowest BCUT2D eigenvalue weighted by Gasteiger charge is -2.24. The fourth-order valence-corrected chi connectivity index (χ4v) is 4.81. The zero-order chi connectivity index (χ0) is 18.8. The van der Waals surface area contributed by atoms with Crippen LogP contribution in [-0.4, -0.2) is 18.4 Å². The van der Waals surface area contributed by atoms with Crippen molar-refractivity contribution in [1.82, 2.24) is 0 Å². The highest BCUT2D eigenvalue weighted by Crippen LogP contribution is 2.34. The number of primary amides is 1. The summed E-state index contributed by atoms with van der Waals surface area (Å²) >= 11 is 1.43. The first kappa shape index (κ1) is 17.5. The summed E-state index contributed by atoms with van der Waals surface area (Å²) in [5, 5.41) is 3.30. The summed E-state index contributed by atoms with van der Waals surface area (Å²) < 4.78 is 5.13. The summed E-state index contributed by atoms with van der Waals surface area (Å²) in [5.74, 6) is -0.684. The molecule has 0 fully saturated rings. The largest absolute Gasteiger partial charge is 0.459 e. The van der Waals surface area contributed by atoms with Gasteiger partial charge in [0.05, 0.1) is 23.2 Å². The van der Waals surface area contributed by atoms with Gasteiger partial charge in [0.1, 0.15) is 18.1 Å². The third-order valence-electron chi connectivity index (χ3n) is 4.75. The Labute approximate surface area is 160 Å². The fourth-order valence-electron chi connectivity index (χ4n) is 3.49. The molecule has 0 bridgehead atoms. The van der Waals surface area contributed by atoms with Crippen molar-refractivity contribution in [3.8, 4) is 0 Å². The molecule has 0 saturated heterocycles. The highest BCUT2D eigenvalue weighted by atomic mass is 32.1. The van der Waals surface area contributed by atoms with Crippen molar-refractivity contribution in [2.45, 2.75) is 19.5 Å². The van der Waals surface area contributed by atoms with Gasteiger partial charge in [0.15, 0.2) is 5.76 Å². The van der Waals surface area contributed by atoms with Gasteiger partial charge in [0.25, 0.3) is 11.8 Å². The van der Waals surface area contributed by atoms with E-state index in [-0.39, 0.29) is 11.7 Å². The molecule has 1 atom stereocenters. The van der Waals surface area contributed by atoms with Crippen LogP contribution in [-0.2, 0) is 19.5 Å². The molecule has 3 aromatic rings. The molecule has 1 aliphatic rings. The van der Waals surface area contributed by atoms with Gasteiger partial charge < -0.3 is 20.4 Å². The van der Waals surface area contributed by atoms with Crippen molar-refractivity contribution >= 4 is 28.2 Å². The number of furan rings is 1. The molecule has 2 aromatic heterocycles. The second-order valence-corrected chi connectivity index (χ2v) is 7.70. The predicted octanol–water partition coefficient (Wildman–Crippen LogP) is 1.83. The van der Waals surface area contributed by atoms with E-state index in [2.05, 4.69) is 17.4 Å². The van der Waals surface area contributed by atoms with Crippen molar-refractivity contribution in [3.63, 3.8) is 0 Å². The molecule has 1 unspecified atom stereocenters. The Bertz CT molecular complexity index is 964. The number of carbonyl (C=O) groups excluding carboxylic acids is 2. The minimum atomic E-state index is -0.506. The number of amides is 2. The van der Waals surface area contributed by atoms with E-state index >= 15 is 0 Å². The lowest BCUT2D eigenvalue weighted by atomic mass is 10.0. The fraction of sp³-hybridized carbons (Fsp3) is 0.200. The summed E-state index contributed by atoms with van der Waals surface area (Å²) in [4.78, 5) is 26.9. The second-order valence-electron chi connectivity index (χ2n) is 6.59. The van der Waals surface area contributed by atoms with Crippen LogP contribution in [0.2, 0.25) is 0 Å². The minimum Gasteiger partial charge on any atom is -0.459 e. The molecule has 27 heavy (non-hydrogen) atoms. The molecular formula is C20H20N3O3S+.